The summed E-state index contributed by atoms with van der Waals surface area (Å²) in [5.74, 6) is -0.114. The van der Waals surface area contributed by atoms with Crippen LogP contribution >= 0.6 is 11.8 Å². The third-order valence-corrected chi connectivity index (χ3v) is 5.15. The van der Waals surface area contributed by atoms with Gasteiger partial charge in [0.1, 0.15) is 12.3 Å². The summed E-state index contributed by atoms with van der Waals surface area (Å²) < 4.78 is 6.77. The summed E-state index contributed by atoms with van der Waals surface area (Å²) in [4.78, 5) is 29.7. The van der Waals surface area contributed by atoms with Crippen molar-refractivity contribution >= 4 is 23.4 Å². The first-order valence-corrected chi connectivity index (χ1v) is 9.26. The van der Waals surface area contributed by atoms with Crippen LogP contribution in [0.3, 0.4) is 0 Å². The van der Waals surface area contributed by atoms with Gasteiger partial charge in [-0.2, -0.15) is 0 Å². The molecule has 0 bridgehead atoms. The number of carbonyl (C=O) groups excluding carboxylic acids is 1. The van der Waals surface area contributed by atoms with Crippen molar-refractivity contribution in [3.05, 3.63) is 75.3 Å². The molecule has 26 heavy (non-hydrogen) atoms. The Hall–Kier alpha value is -2.60. The summed E-state index contributed by atoms with van der Waals surface area (Å²) in [6.45, 7) is 5.94. The molecular formula is C20H20N2O3S. The van der Waals surface area contributed by atoms with Gasteiger partial charge in [0, 0.05) is 17.2 Å². The van der Waals surface area contributed by atoms with Crippen molar-refractivity contribution in [2.24, 2.45) is 0 Å². The van der Waals surface area contributed by atoms with Crippen molar-refractivity contribution in [3.8, 4) is 0 Å². The monoisotopic (exact) mass is 368 g/mol. The van der Waals surface area contributed by atoms with E-state index in [0.29, 0.717) is 11.3 Å². The molecule has 3 aromatic rings. The number of aromatic nitrogens is 2. The molecule has 5 nitrogen and oxygen atoms in total. The highest BCUT2D eigenvalue weighted by atomic mass is 32.2. The minimum atomic E-state index is -0.332. The Morgan fingerprint density at radius 2 is 1.96 bits per heavy atom. The second-order valence-corrected chi connectivity index (χ2v) is 7.21. The van der Waals surface area contributed by atoms with E-state index in [0.717, 1.165) is 16.0 Å². The number of pyridine rings is 1. The average molecular weight is 368 g/mol. The Kier molecular flexibility index (Phi) is 5.42. The number of nitrogens with zero attached hydrogens (tertiary/aromatic N) is 2. The maximum Gasteiger partial charge on any atom is 0.316 e. The largest absolute Gasteiger partial charge is 0.459 e. The van der Waals surface area contributed by atoms with E-state index >= 15 is 0 Å². The van der Waals surface area contributed by atoms with Crippen molar-refractivity contribution in [1.82, 2.24) is 9.38 Å². The Labute approximate surface area is 156 Å². The van der Waals surface area contributed by atoms with Crippen molar-refractivity contribution in [2.45, 2.75) is 32.3 Å². The number of hydrogen-bond donors (Lipinski definition) is 0. The molecule has 0 amide bonds. The van der Waals surface area contributed by atoms with Gasteiger partial charge in [0.15, 0.2) is 0 Å². The first kappa shape index (κ1) is 18.2. The third-order valence-electron chi connectivity index (χ3n) is 4.00. The van der Waals surface area contributed by atoms with E-state index in [1.807, 2.05) is 39.0 Å². The normalized spacial score (nSPS) is 10.9. The van der Waals surface area contributed by atoms with E-state index in [1.54, 1.807) is 12.3 Å². The molecule has 0 aliphatic heterocycles. The van der Waals surface area contributed by atoms with Gasteiger partial charge in [0.2, 0.25) is 0 Å². The molecule has 0 aliphatic rings. The van der Waals surface area contributed by atoms with Gasteiger partial charge in [0.05, 0.1) is 11.4 Å². The Balaban J connectivity index is 1.63. The van der Waals surface area contributed by atoms with Crippen molar-refractivity contribution in [3.63, 3.8) is 0 Å². The lowest BCUT2D eigenvalue weighted by Crippen LogP contribution is -2.17. The highest BCUT2D eigenvalue weighted by molar-refractivity contribution is 8.00. The molecule has 134 valence electrons. The summed E-state index contributed by atoms with van der Waals surface area (Å²) in [5.41, 5.74) is 4.07. The van der Waals surface area contributed by atoms with E-state index in [-0.39, 0.29) is 23.9 Å². The molecule has 1 aromatic carbocycles. The number of aryl methyl sites for hydroxylation is 3. The van der Waals surface area contributed by atoms with E-state index in [4.69, 9.17) is 4.74 Å². The SMILES string of the molecule is Cc1ccc(SCC(=O)OCc2cc(=O)n3cccc(C)c3n2)c(C)c1. The van der Waals surface area contributed by atoms with Crippen LogP contribution in [-0.2, 0) is 16.1 Å². The summed E-state index contributed by atoms with van der Waals surface area (Å²) in [6.07, 6.45) is 1.67. The summed E-state index contributed by atoms with van der Waals surface area (Å²) in [7, 11) is 0. The second kappa shape index (κ2) is 7.74. The van der Waals surface area contributed by atoms with Crippen molar-refractivity contribution in [1.29, 1.82) is 0 Å². The summed E-state index contributed by atoms with van der Waals surface area (Å²) in [6, 6.07) is 11.2. The summed E-state index contributed by atoms with van der Waals surface area (Å²) >= 11 is 1.45. The van der Waals surface area contributed by atoms with Gasteiger partial charge in [0.25, 0.3) is 5.56 Å². The molecule has 0 radical (unpaired) electrons. The lowest BCUT2D eigenvalue weighted by Gasteiger charge is -2.08. The minimum absolute atomic E-state index is 0.00759. The number of benzene rings is 1. The first-order valence-electron chi connectivity index (χ1n) is 8.27. The second-order valence-electron chi connectivity index (χ2n) is 6.19. The Bertz CT molecular complexity index is 1030. The van der Waals surface area contributed by atoms with E-state index < -0.39 is 0 Å². The number of hydrogen-bond acceptors (Lipinski definition) is 5. The van der Waals surface area contributed by atoms with Crippen LogP contribution in [0.25, 0.3) is 5.65 Å². The molecule has 0 spiro atoms. The lowest BCUT2D eigenvalue weighted by molar-refractivity contribution is -0.141. The van der Waals surface area contributed by atoms with Crippen LogP contribution in [0.4, 0.5) is 0 Å². The quantitative estimate of drug-likeness (QED) is 0.510. The molecular weight excluding hydrogens is 348 g/mol. The van der Waals surface area contributed by atoms with Gasteiger partial charge < -0.3 is 4.74 Å². The van der Waals surface area contributed by atoms with Gasteiger partial charge in [-0.25, -0.2) is 4.98 Å². The zero-order valence-corrected chi connectivity index (χ0v) is 15.8. The lowest BCUT2D eigenvalue weighted by atomic mass is 10.2. The van der Waals surface area contributed by atoms with E-state index in [1.165, 1.54) is 27.8 Å². The predicted octanol–water partition coefficient (Wildman–Crippen LogP) is 3.46. The summed E-state index contributed by atoms with van der Waals surface area (Å²) in [5, 5.41) is 0. The zero-order chi connectivity index (χ0) is 18.7. The molecule has 2 heterocycles. The van der Waals surface area contributed by atoms with Crippen LogP contribution in [0, 0.1) is 20.8 Å². The molecule has 0 unspecified atom stereocenters. The Morgan fingerprint density at radius 3 is 2.73 bits per heavy atom. The predicted molar refractivity (Wildman–Crippen MR) is 103 cm³/mol. The number of fused-ring (bicyclic) bond motifs is 1. The molecule has 0 atom stereocenters. The van der Waals surface area contributed by atoms with Gasteiger partial charge in [-0.3, -0.25) is 14.0 Å². The van der Waals surface area contributed by atoms with Crippen LogP contribution in [-0.4, -0.2) is 21.1 Å². The minimum Gasteiger partial charge on any atom is -0.459 e. The van der Waals surface area contributed by atoms with Crippen LogP contribution in [0.2, 0.25) is 0 Å². The molecule has 0 fully saturated rings. The molecule has 0 saturated heterocycles. The van der Waals surface area contributed by atoms with Crippen LogP contribution in [0.5, 0.6) is 0 Å². The molecule has 0 N–H and O–H groups in total. The third kappa shape index (κ3) is 4.14. The van der Waals surface area contributed by atoms with E-state index in [2.05, 4.69) is 11.1 Å². The number of esters is 1. The fourth-order valence-electron chi connectivity index (χ4n) is 2.68. The van der Waals surface area contributed by atoms with Gasteiger partial charge in [-0.15, -0.1) is 11.8 Å². The van der Waals surface area contributed by atoms with Crippen LogP contribution < -0.4 is 5.56 Å². The van der Waals surface area contributed by atoms with Gasteiger partial charge in [-0.1, -0.05) is 23.8 Å². The van der Waals surface area contributed by atoms with E-state index in [9.17, 15) is 9.59 Å². The molecule has 0 aliphatic carbocycles. The number of carbonyl (C=O) groups is 1. The van der Waals surface area contributed by atoms with Gasteiger partial charge in [-0.05, 0) is 44.0 Å². The topological polar surface area (TPSA) is 60.7 Å². The Morgan fingerprint density at radius 1 is 1.15 bits per heavy atom. The molecule has 3 rings (SSSR count). The molecule has 2 aromatic heterocycles. The zero-order valence-electron chi connectivity index (χ0n) is 15.0. The smallest absolute Gasteiger partial charge is 0.316 e. The van der Waals surface area contributed by atoms with Crippen LogP contribution in [0.15, 0.2) is 52.3 Å². The van der Waals surface area contributed by atoms with Crippen LogP contribution in [0.1, 0.15) is 22.4 Å². The highest BCUT2D eigenvalue weighted by Crippen LogP contribution is 2.23. The van der Waals surface area contributed by atoms with Crippen molar-refractivity contribution < 1.29 is 9.53 Å². The standard InChI is InChI=1S/C20H20N2O3S/c1-13-6-7-17(15(3)9-13)26-12-19(24)25-11-16-10-18(23)22-8-4-5-14(2)20(22)21-16/h4-10H,11-12H2,1-3H3. The van der Waals surface area contributed by atoms with Crippen molar-refractivity contribution in [2.75, 3.05) is 5.75 Å². The van der Waals surface area contributed by atoms with Gasteiger partial charge >= 0.3 is 5.97 Å². The number of thioether (sulfide) groups is 1. The molecule has 0 saturated carbocycles. The number of rotatable bonds is 5. The fourth-order valence-corrected chi connectivity index (χ4v) is 3.48. The number of ether oxygens (including phenoxy) is 1. The maximum absolute atomic E-state index is 12.2. The maximum atomic E-state index is 12.2. The fraction of sp³-hybridized carbons (Fsp3) is 0.250. The highest BCUT2D eigenvalue weighted by Gasteiger charge is 2.09. The molecule has 6 heteroatoms. The average Bonchev–Trinajstić information content (AvgIpc) is 2.60. The first-order chi connectivity index (χ1) is 12.4.